The molecule has 6 nitrogen and oxygen atoms in total. The van der Waals surface area contributed by atoms with E-state index in [1.165, 1.54) is 6.07 Å². The highest BCUT2D eigenvalue weighted by Gasteiger charge is 2.15. The second-order valence-corrected chi connectivity index (χ2v) is 5.60. The number of alkyl carbamates (subject to hydrolysis) is 1. The summed E-state index contributed by atoms with van der Waals surface area (Å²) in [6, 6.07) is 11.7. The molecule has 0 aliphatic rings. The number of nitro groups is 1. The molecule has 0 saturated heterocycles. The number of nitrogens with one attached hydrogen (secondary N) is 1. The van der Waals surface area contributed by atoms with Crippen LogP contribution in [-0.2, 0) is 11.3 Å². The first-order chi connectivity index (χ1) is 12.5. The highest BCUT2D eigenvalue weighted by molar-refractivity contribution is 5.67. The van der Waals surface area contributed by atoms with Crippen molar-refractivity contribution in [1.29, 1.82) is 0 Å². The van der Waals surface area contributed by atoms with Crippen LogP contribution < -0.4 is 5.32 Å². The standard InChI is InChI=1S/C19H19FN2O4/c1-14-11-18(22(24)25)17(20)12-16(14)9-5-6-10-21-19(23)26-13-15-7-3-2-4-8-15/h2-5,7-9,11-12H,6,10,13H2,1H3,(H,21,23). The molecule has 26 heavy (non-hydrogen) atoms. The summed E-state index contributed by atoms with van der Waals surface area (Å²) >= 11 is 0. The zero-order valence-corrected chi connectivity index (χ0v) is 14.3. The third kappa shape index (κ3) is 5.70. The largest absolute Gasteiger partial charge is 0.445 e. The number of aryl methyl sites for hydroxylation is 1. The number of halogens is 1. The number of rotatable bonds is 7. The molecule has 0 heterocycles. The van der Waals surface area contributed by atoms with Gasteiger partial charge >= 0.3 is 11.8 Å². The molecule has 0 unspecified atom stereocenters. The molecule has 0 bridgehead atoms. The number of amides is 1. The Balaban J connectivity index is 1.76. The van der Waals surface area contributed by atoms with Crippen LogP contribution in [0.25, 0.3) is 6.08 Å². The molecule has 0 saturated carbocycles. The van der Waals surface area contributed by atoms with Gasteiger partial charge in [0.05, 0.1) is 4.92 Å². The summed E-state index contributed by atoms with van der Waals surface area (Å²) in [5.41, 5.74) is 1.52. The van der Waals surface area contributed by atoms with Gasteiger partial charge in [-0.25, -0.2) is 4.79 Å². The third-order valence-corrected chi connectivity index (χ3v) is 3.62. The topological polar surface area (TPSA) is 81.5 Å². The minimum Gasteiger partial charge on any atom is -0.445 e. The Morgan fingerprint density at radius 3 is 2.73 bits per heavy atom. The van der Waals surface area contributed by atoms with Crippen LogP contribution in [0.15, 0.2) is 48.5 Å². The molecule has 2 rings (SSSR count). The molecule has 7 heteroatoms. The van der Waals surface area contributed by atoms with Gasteiger partial charge in [0.15, 0.2) is 0 Å². The van der Waals surface area contributed by atoms with Crippen LogP contribution in [0.4, 0.5) is 14.9 Å². The lowest BCUT2D eigenvalue weighted by atomic mass is 10.1. The molecule has 0 aliphatic carbocycles. The molecule has 0 atom stereocenters. The van der Waals surface area contributed by atoms with Gasteiger partial charge in [-0.1, -0.05) is 42.5 Å². The van der Waals surface area contributed by atoms with Crippen molar-refractivity contribution in [2.75, 3.05) is 6.54 Å². The Labute approximate surface area is 150 Å². The molecular weight excluding hydrogens is 339 g/mol. The van der Waals surface area contributed by atoms with E-state index >= 15 is 0 Å². The summed E-state index contributed by atoms with van der Waals surface area (Å²) in [7, 11) is 0. The zero-order valence-electron chi connectivity index (χ0n) is 14.3. The number of carbonyl (C=O) groups excluding carboxylic acids is 1. The molecule has 0 radical (unpaired) electrons. The molecule has 1 N–H and O–H groups in total. The highest BCUT2D eigenvalue weighted by Crippen LogP contribution is 2.22. The van der Waals surface area contributed by atoms with Gasteiger partial charge in [-0.05, 0) is 36.1 Å². The normalized spacial score (nSPS) is 10.7. The van der Waals surface area contributed by atoms with Crippen LogP contribution >= 0.6 is 0 Å². The first kappa shape index (κ1) is 19.1. The number of nitro benzene ring substituents is 1. The number of carbonyl (C=O) groups is 1. The van der Waals surface area contributed by atoms with Crippen molar-refractivity contribution in [2.45, 2.75) is 20.0 Å². The number of nitrogens with zero attached hydrogens (tertiary/aromatic N) is 1. The molecule has 2 aromatic carbocycles. The quantitative estimate of drug-likeness (QED) is 0.453. The SMILES string of the molecule is Cc1cc([N+](=O)[O-])c(F)cc1C=CCCNC(=O)OCc1ccccc1. The lowest BCUT2D eigenvalue weighted by molar-refractivity contribution is -0.387. The molecule has 0 aromatic heterocycles. The first-order valence-electron chi connectivity index (χ1n) is 8.03. The number of benzene rings is 2. The number of hydrogen-bond donors (Lipinski definition) is 1. The van der Waals surface area contributed by atoms with E-state index in [4.69, 9.17) is 4.74 Å². The van der Waals surface area contributed by atoms with Crippen molar-refractivity contribution < 1.29 is 18.8 Å². The van der Waals surface area contributed by atoms with Gasteiger partial charge in [0.25, 0.3) is 0 Å². The van der Waals surface area contributed by atoms with E-state index in [2.05, 4.69) is 5.32 Å². The molecule has 1 amide bonds. The summed E-state index contributed by atoms with van der Waals surface area (Å²) in [6.45, 7) is 2.23. The Hall–Kier alpha value is -3.22. The van der Waals surface area contributed by atoms with Gasteiger partial charge in [0.1, 0.15) is 6.61 Å². The van der Waals surface area contributed by atoms with Crippen molar-refractivity contribution in [3.63, 3.8) is 0 Å². The van der Waals surface area contributed by atoms with E-state index in [1.807, 2.05) is 30.3 Å². The average Bonchev–Trinajstić information content (AvgIpc) is 2.62. The fraction of sp³-hybridized carbons (Fsp3) is 0.211. The zero-order chi connectivity index (χ0) is 18.9. The van der Waals surface area contributed by atoms with Crippen LogP contribution in [0.5, 0.6) is 0 Å². The van der Waals surface area contributed by atoms with Crippen LogP contribution in [-0.4, -0.2) is 17.6 Å². The van der Waals surface area contributed by atoms with E-state index in [-0.39, 0.29) is 6.61 Å². The number of ether oxygens (including phenoxy) is 1. The van der Waals surface area contributed by atoms with E-state index in [9.17, 15) is 19.3 Å². The summed E-state index contributed by atoms with van der Waals surface area (Å²) in [6.07, 6.45) is 3.42. The Bertz CT molecular complexity index is 807. The molecule has 0 fully saturated rings. The lowest BCUT2D eigenvalue weighted by Crippen LogP contribution is -2.24. The van der Waals surface area contributed by atoms with E-state index in [0.717, 1.165) is 11.6 Å². The van der Waals surface area contributed by atoms with Gasteiger partial charge in [-0.2, -0.15) is 4.39 Å². The summed E-state index contributed by atoms with van der Waals surface area (Å²) in [4.78, 5) is 21.5. The van der Waals surface area contributed by atoms with Crippen molar-refractivity contribution in [1.82, 2.24) is 5.32 Å². The van der Waals surface area contributed by atoms with Crippen molar-refractivity contribution in [3.8, 4) is 0 Å². The molecule has 0 aliphatic heterocycles. The van der Waals surface area contributed by atoms with Crippen LogP contribution in [0.3, 0.4) is 0 Å². The number of hydrogen-bond acceptors (Lipinski definition) is 4. The minimum absolute atomic E-state index is 0.198. The Morgan fingerprint density at radius 1 is 1.31 bits per heavy atom. The van der Waals surface area contributed by atoms with Crippen LogP contribution in [0, 0.1) is 22.9 Å². The molecular formula is C19H19FN2O4. The lowest BCUT2D eigenvalue weighted by Gasteiger charge is -2.06. The van der Waals surface area contributed by atoms with Crippen molar-refractivity contribution in [2.24, 2.45) is 0 Å². The summed E-state index contributed by atoms with van der Waals surface area (Å²) in [5.74, 6) is -0.872. The van der Waals surface area contributed by atoms with E-state index in [1.54, 1.807) is 19.1 Å². The van der Waals surface area contributed by atoms with Gasteiger partial charge in [0, 0.05) is 12.6 Å². The fourth-order valence-electron chi connectivity index (χ4n) is 2.24. The molecule has 0 spiro atoms. The summed E-state index contributed by atoms with van der Waals surface area (Å²) in [5, 5.41) is 13.3. The fourth-order valence-corrected chi connectivity index (χ4v) is 2.24. The molecule has 2 aromatic rings. The predicted octanol–water partition coefficient (Wildman–Crippen LogP) is 4.37. The van der Waals surface area contributed by atoms with Gasteiger partial charge < -0.3 is 10.1 Å². The van der Waals surface area contributed by atoms with Crippen LogP contribution in [0.2, 0.25) is 0 Å². The van der Waals surface area contributed by atoms with Gasteiger partial charge in [0.2, 0.25) is 5.82 Å². The maximum absolute atomic E-state index is 13.6. The smallest absolute Gasteiger partial charge is 0.407 e. The minimum atomic E-state index is -0.872. The first-order valence-corrected chi connectivity index (χ1v) is 8.03. The molecule has 136 valence electrons. The van der Waals surface area contributed by atoms with Gasteiger partial charge in [-0.3, -0.25) is 10.1 Å². The second kappa shape index (κ2) is 9.31. The maximum atomic E-state index is 13.6. The van der Waals surface area contributed by atoms with Crippen molar-refractivity contribution in [3.05, 3.63) is 81.2 Å². The van der Waals surface area contributed by atoms with Crippen molar-refractivity contribution >= 4 is 17.9 Å². The predicted molar refractivity (Wildman–Crippen MR) is 96.1 cm³/mol. The maximum Gasteiger partial charge on any atom is 0.407 e. The van der Waals surface area contributed by atoms with Gasteiger partial charge in [-0.15, -0.1) is 0 Å². The summed E-state index contributed by atoms with van der Waals surface area (Å²) < 4.78 is 18.7. The third-order valence-electron chi connectivity index (χ3n) is 3.62. The highest BCUT2D eigenvalue weighted by atomic mass is 19.1. The van der Waals surface area contributed by atoms with E-state index in [0.29, 0.717) is 24.1 Å². The van der Waals surface area contributed by atoms with E-state index < -0.39 is 22.5 Å². The second-order valence-electron chi connectivity index (χ2n) is 5.60. The Morgan fingerprint density at radius 2 is 2.04 bits per heavy atom. The average molecular weight is 358 g/mol. The van der Waals surface area contributed by atoms with Crippen LogP contribution in [0.1, 0.15) is 23.1 Å². The Kier molecular flexibility index (Phi) is 6.84. The monoisotopic (exact) mass is 358 g/mol.